The van der Waals surface area contributed by atoms with Crippen LogP contribution in [-0.4, -0.2) is 20.6 Å². The minimum atomic E-state index is -4.46. The van der Waals surface area contributed by atoms with E-state index in [9.17, 15) is 23.1 Å². The van der Waals surface area contributed by atoms with Crippen LogP contribution in [0.1, 0.15) is 45.7 Å². The minimum absolute atomic E-state index is 0.0951. The molecule has 5 nitrogen and oxygen atoms in total. The average molecular weight is 623 g/mol. The van der Waals surface area contributed by atoms with Gasteiger partial charge in [0, 0.05) is 23.3 Å². The summed E-state index contributed by atoms with van der Waals surface area (Å²) in [5.74, 6) is 0.335. The SMILES string of the molecule is O=C(O)c1ccc(Cn2cc(-c3ccc(Cl)cc3Cl)nc2C2(c3ccc(Oc4cccc(C(F)(F)F)c4)cc3)CC2)cc1. The van der Waals surface area contributed by atoms with Crippen molar-refractivity contribution in [1.29, 1.82) is 0 Å². The molecule has 1 heterocycles. The van der Waals surface area contributed by atoms with Gasteiger partial charge in [-0.25, -0.2) is 9.78 Å². The number of hydrogen-bond donors (Lipinski definition) is 1. The van der Waals surface area contributed by atoms with Crippen LogP contribution in [0.4, 0.5) is 13.2 Å². The molecule has 1 fully saturated rings. The van der Waals surface area contributed by atoms with Gasteiger partial charge in [-0.05, 0) is 84.6 Å². The Morgan fingerprint density at radius 1 is 0.930 bits per heavy atom. The molecule has 4 aromatic carbocycles. The molecule has 0 unspecified atom stereocenters. The summed E-state index contributed by atoms with van der Waals surface area (Å²) >= 11 is 12.7. The number of rotatable bonds is 8. The third kappa shape index (κ3) is 5.98. The number of nitrogens with zero attached hydrogens (tertiary/aromatic N) is 2. The fourth-order valence-corrected chi connectivity index (χ4v) is 5.68. The third-order valence-electron chi connectivity index (χ3n) is 7.52. The molecular weight excluding hydrogens is 600 g/mol. The summed E-state index contributed by atoms with van der Waals surface area (Å²) in [6.45, 7) is 0.450. The van der Waals surface area contributed by atoms with Crippen LogP contribution in [0.2, 0.25) is 10.0 Å². The second-order valence-electron chi connectivity index (χ2n) is 10.4. The Morgan fingerprint density at radius 3 is 2.28 bits per heavy atom. The predicted molar refractivity (Wildman–Crippen MR) is 158 cm³/mol. The molecular formula is C33H23Cl2F3N2O3. The molecule has 0 spiro atoms. The zero-order valence-corrected chi connectivity index (χ0v) is 23.9. The highest BCUT2D eigenvalue weighted by Crippen LogP contribution is 2.54. The van der Waals surface area contributed by atoms with Crippen LogP contribution in [0.25, 0.3) is 11.3 Å². The highest BCUT2D eigenvalue weighted by molar-refractivity contribution is 6.36. The van der Waals surface area contributed by atoms with E-state index in [1.54, 1.807) is 48.5 Å². The standard InChI is InChI=1S/C33H23Cl2F3N2O3/c34-24-10-13-27(28(35)17-24)29-19-40(18-20-4-6-21(7-5-20)30(41)42)31(39-29)32(14-15-32)22-8-11-25(12-9-22)43-26-3-1-2-23(16-26)33(36,37)38/h1-13,16-17,19H,14-15,18H2,(H,41,42). The molecule has 1 saturated carbocycles. The number of halogens is 5. The maximum absolute atomic E-state index is 13.1. The zero-order valence-electron chi connectivity index (χ0n) is 22.4. The lowest BCUT2D eigenvalue weighted by Gasteiger charge is -2.18. The van der Waals surface area contributed by atoms with Crippen molar-refractivity contribution in [2.75, 3.05) is 0 Å². The highest BCUT2D eigenvalue weighted by Gasteiger charge is 2.49. The number of aromatic nitrogens is 2. The maximum atomic E-state index is 13.1. The first-order valence-electron chi connectivity index (χ1n) is 13.3. The topological polar surface area (TPSA) is 64.3 Å². The van der Waals surface area contributed by atoms with Gasteiger partial charge in [0.15, 0.2) is 0 Å². The first-order chi connectivity index (χ1) is 20.5. The number of carboxylic acid groups (broad SMARTS) is 1. The summed E-state index contributed by atoms with van der Waals surface area (Å²) in [4.78, 5) is 16.4. The fourth-order valence-electron chi connectivity index (χ4n) is 5.18. The van der Waals surface area contributed by atoms with Gasteiger partial charge in [0.05, 0.1) is 27.3 Å². The summed E-state index contributed by atoms with van der Waals surface area (Å²) in [7, 11) is 0. The van der Waals surface area contributed by atoms with Crippen LogP contribution in [0.15, 0.2) is 97.2 Å². The molecule has 0 saturated heterocycles. The van der Waals surface area contributed by atoms with Crippen molar-refractivity contribution >= 4 is 29.2 Å². The summed E-state index contributed by atoms with van der Waals surface area (Å²) < 4.78 is 47.2. The van der Waals surface area contributed by atoms with Crippen molar-refractivity contribution in [2.45, 2.75) is 31.0 Å². The van der Waals surface area contributed by atoms with Crippen LogP contribution >= 0.6 is 23.2 Å². The van der Waals surface area contributed by atoms with Crippen LogP contribution < -0.4 is 4.74 Å². The molecule has 1 N–H and O–H groups in total. The molecule has 0 amide bonds. The van der Waals surface area contributed by atoms with Gasteiger partial charge < -0.3 is 14.4 Å². The number of ether oxygens (including phenoxy) is 1. The smallest absolute Gasteiger partial charge is 0.416 e. The van der Waals surface area contributed by atoms with Gasteiger partial charge in [0.25, 0.3) is 0 Å². The number of benzene rings is 4. The quantitative estimate of drug-likeness (QED) is 0.187. The van der Waals surface area contributed by atoms with Gasteiger partial charge in [0.2, 0.25) is 0 Å². The zero-order chi connectivity index (χ0) is 30.4. The van der Waals surface area contributed by atoms with E-state index < -0.39 is 23.1 Å². The highest BCUT2D eigenvalue weighted by atomic mass is 35.5. The molecule has 5 aromatic rings. The van der Waals surface area contributed by atoms with Gasteiger partial charge in [-0.1, -0.05) is 53.5 Å². The van der Waals surface area contributed by atoms with Crippen LogP contribution in [-0.2, 0) is 18.1 Å². The molecule has 10 heteroatoms. The summed E-state index contributed by atoms with van der Waals surface area (Å²) in [6.07, 6.45) is -0.856. The Bertz CT molecular complexity index is 1810. The van der Waals surface area contributed by atoms with Crippen LogP contribution in [0.5, 0.6) is 11.5 Å². The molecule has 43 heavy (non-hydrogen) atoms. The van der Waals surface area contributed by atoms with Gasteiger partial charge in [-0.3, -0.25) is 0 Å². The summed E-state index contributed by atoms with van der Waals surface area (Å²) in [5.41, 5.74) is 2.33. The Morgan fingerprint density at radius 2 is 1.65 bits per heavy atom. The molecule has 0 radical (unpaired) electrons. The van der Waals surface area contributed by atoms with E-state index in [1.807, 2.05) is 24.4 Å². The van der Waals surface area contributed by atoms with E-state index in [2.05, 4.69) is 4.57 Å². The molecule has 218 valence electrons. The van der Waals surface area contributed by atoms with E-state index >= 15 is 0 Å². The molecule has 1 aliphatic rings. The van der Waals surface area contributed by atoms with Gasteiger partial charge in [0.1, 0.15) is 17.3 Å². The molecule has 0 bridgehead atoms. The monoisotopic (exact) mass is 622 g/mol. The summed E-state index contributed by atoms with van der Waals surface area (Å²) in [6, 6.07) is 24.0. The van der Waals surface area contributed by atoms with Gasteiger partial charge in [-0.2, -0.15) is 13.2 Å². The molecule has 0 aliphatic heterocycles. The number of aromatic carboxylic acids is 1. The van der Waals surface area contributed by atoms with E-state index in [-0.39, 0.29) is 11.3 Å². The number of hydrogen-bond acceptors (Lipinski definition) is 3. The Labute approximate surface area is 255 Å². The van der Waals surface area contributed by atoms with E-state index in [4.69, 9.17) is 32.9 Å². The van der Waals surface area contributed by atoms with Crippen LogP contribution in [0.3, 0.4) is 0 Å². The van der Waals surface area contributed by atoms with E-state index in [0.29, 0.717) is 28.0 Å². The van der Waals surface area contributed by atoms with Crippen molar-refractivity contribution < 1.29 is 27.8 Å². The molecule has 1 aliphatic carbocycles. The maximum Gasteiger partial charge on any atom is 0.416 e. The predicted octanol–water partition coefficient (Wildman–Crippen LogP) is 9.49. The first-order valence-corrected chi connectivity index (χ1v) is 14.1. The number of alkyl halides is 3. The second kappa shape index (κ2) is 11.1. The third-order valence-corrected chi connectivity index (χ3v) is 8.07. The molecule has 1 aromatic heterocycles. The number of imidazole rings is 1. The van der Waals surface area contributed by atoms with E-state index in [1.165, 1.54) is 12.1 Å². The first kappa shape index (κ1) is 28.8. The van der Waals surface area contributed by atoms with Crippen molar-refractivity contribution in [1.82, 2.24) is 9.55 Å². The van der Waals surface area contributed by atoms with Gasteiger partial charge in [-0.15, -0.1) is 0 Å². The lowest BCUT2D eigenvalue weighted by molar-refractivity contribution is -0.137. The second-order valence-corrected chi connectivity index (χ2v) is 11.3. The largest absolute Gasteiger partial charge is 0.478 e. The molecule has 6 rings (SSSR count). The molecule has 0 atom stereocenters. The van der Waals surface area contributed by atoms with Crippen molar-refractivity contribution in [3.8, 4) is 22.8 Å². The van der Waals surface area contributed by atoms with E-state index in [0.717, 1.165) is 47.5 Å². The lowest BCUT2D eigenvalue weighted by Crippen LogP contribution is -2.17. The Hall–Kier alpha value is -4.27. The van der Waals surface area contributed by atoms with Crippen molar-refractivity contribution in [2.24, 2.45) is 0 Å². The lowest BCUT2D eigenvalue weighted by atomic mass is 9.94. The summed E-state index contributed by atoms with van der Waals surface area (Å²) in [5, 5.41) is 10.3. The van der Waals surface area contributed by atoms with Crippen molar-refractivity contribution in [3.05, 3.63) is 135 Å². The Balaban J connectivity index is 1.33. The fraction of sp³-hybridized carbons (Fsp3) is 0.152. The Kier molecular flexibility index (Phi) is 7.44. The normalized spacial score (nSPS) is 14.0. The minimum Gasteiger partial charge on any atom is -0.478 e. The average Bonchev–Trinajstić information content (AvgIpc) is 3.67. The number of carbonyl (C=O) groups is 1. The van der Waals surface area contributed by atoms with Crippen LogP contribution in [0, 0.1) is 0 Å². The van der Waals surface area contributed by atoms with Gasteiger partial charge >= 0.3 is 12.1 Å². The van der Waals surface area contributed by atoms with Crippen molar-refractivity contribution in [3.63, 3.8) is 0 Å². The number of carboxylic acids is 1.